The summed E-state index contributed by atoms with van der Waals surface area (Å²) < 4.78 is 2.71. The molecule has 0 heterocycles. The van der Waals surface area contributed by atoms with Crippen LogP contribution in [-0.2, 0) is 0 Å². The first-order chi connectivity index (χ1) is 9.00. The Bertz CT molecular complexity index is 466. The lowest BCUT2D eigenvalue weighted by Gasteiger charge is -2.37. The standard InChI is InChI=1S/C16H23NSi2/c1-17(19(2,3)4)18(15-11-7-5-8-12-15)16-13-9-6-10-14-16/h5-14,18H,1-4H3. The number of benzene rings is 2. The second-order valence-electron chi connectivity index (χ2n) is 6.01. The van der Waals surface area contributed by atoms with Crippen molar-refractivity contribution in [3.8, 4) is 0 Å². The van der Waals surface area contributed by atoms with Crippen LogP contribution in [0.3, 0.4) is 0 Å². The summed E-state index contributed by atoms with van der Waals surface area (Å²) in [5.41, 5.74) is 0. The number of hydrogen-bond donors (Lipinski definition) is 0. The largest absolute Gasteiger partial charge is 0.344 e. The zero-order valence-electron chi connectivity index (χ0n) is 12.3. The molecule has 0 aliphatic rings. The highest BCUT2D eigenvalue weighted by molar-refractivity contribution is 6.93. The van der Waals surface area contributed by atoms with E-state index in [1.54, 1.807) is 0 Å². The van der Waals surface area contributed by atoms with Gasteiger partial charge in [-0.25, -0.2) is 0 Å². The summed E-state index contributed by atoms with van der Waals surface area (Å²) >= 11 is 0. The molecule has 0 atom stereocenters. The van der Waals surface area contributed by atoms with Crippen LogP contribution in [0.1, 0.15) is 0 Å². The third-order valence-corrected chi connectivity index (χ3v) is 11.7. The van der Waals surface area contributed by atoms with Gasteiger partial charge in [0.25, 0.3) is 0 Å². The SMILES string of the molecule is CN([SiH](c1ccccc1)c1ccccc1)[Si](C)(C)C. The van der Waals surface area contributed by atoms with Crippen molar-refractivity contribution in [2.24, 2.45) is 0 Å². The van der Waals surface area contributed by atoms with Crippen LogP contribution in [0.5, 0.6) is 0 Å². The van der Waals surface area contributed by atoms with Gasteiger partial charge in [-0.2, -0.15) is 0 Å². The second kappa shape index (κ2) is 5.86. The fourth-order valence-corrected chi connectivity index (χ4v) is 8.74. The molecule has 0 amide bonds. The van der Waals surface area contributed by atoms with Crippen LogP contribution in [0.4, 0.5) is 0 Å². The van der Waals surface area contributed by atoms with Gasteiger partial charge in [-0.15, -0.1) is 0 Å². The Morgan fingerprint density at radius 1 is 0.737 bits per heavy atom. The van der Waals surface area contributed by atoms with Crippen molar-refractivity contribution in [2.75, 3.05) is 7.05 Å². The van der Waals surface area contributed by atoms with Crippen LogP contribution in [0, 0.1) is 0 Å². The Labute approximate surface area is 119 Å². The molecule has 0 fully saturated rings. The Morgan fingerprint density at radius 3 is 1.42 bits per heavy atom. The normalized spacial score (nSPS) is 12.1. The minimum Gasteiger partial charge on any atom is -0.344 e. The van der Waals surface area contributed by atoms with E-state index in [1.165, 1.54) is 10.4 Å². The molecule has 0 saturated heterocycles. The predicted octanol–water partition coefficient (Wildman–Crippen LogP) is 2.29. The monoisotopic (exact) mass is 285 g/mol. The van der Waals surface area contributed by atoms with Crippen molar-refractivity contribution in [1.82, 2.24) is 4.23 Å². The zero-order valence-corrected chi connectivity index (χ0v) is 14.5. The van der Waals surface area contributed by atoms with Gasteiger partial charge in [0.1, 0.15) is 8.24 Å². The van der Waals surface area contributed by atoms with Crippen molar-refractivity contribution in [3.63, 3.8) is 0 Å². The van der Waals surface area contributed by atoms with E-state index in [0.29, 0.717) is 0 Å². The Hall–Kier alpha value is -1.17. The Morgan fingerprint density at radius 2 is 1.11 bits per heavy atom. The van der Waals surface area contributed by atoms with Gasteiger partial charge in [-0.1, -0.05) is 80.3 Å². The summed E-state index contributed by atoms with van der Waals surface area (Å²) in [6.45, 7) is 7.29. The molecule has 3 heteroatoms. The number of rotatable bonds is 4. The van der Waals surface area contributed by atoms with E-state index < -0.39 is 17.2 Å². The quantitative estimate of drug-likeness (QED) is 0.779. The molecule has 0 bridgehead atoms. The molecule has 19 heavy (non-hydrogen) atoms. The first-order valence-electron chi connectivity index (χ1n) is 6.83. The molecule has 0 unspecified atom stereocenters. The average molecular weight is 286 g/mol. The van der Waals surface area contributed by atoms with Gasteiger partial charge in [0.2, 0.25) is 0 Å². The van der Waals surface area contributed by atoms with Crippen LogP contribution >= 0.6 is 0 Å². The highest BCUT2D eigenvalue weighted by Crippen LogP contribution is 2.09. The van der Waals surface area contributed by atoms with Crippen LogP contribution < -0.4 is 10.4 Å². The highest BCUT2D eigenvalue weighted by atomic mass is 28.4. The molecule has 0 radical (unpaired) electrons. The van der Waals surface area contributed by atoms with Crippen LogP contribution in [0.15, 0.2) is 60.7 Å². The minimum atomic E-state index is -1.29. The summed E-state index contributed by atoms with van der Waals surface area (Å²) in [7, 11) is -0.246. The third-order valence-electron chi connectivity index (χ3n) is 3.68. The fourth-order valence-electron chi connectivity index (χ4n) is 2.30. The van der Waals surface area contributed by atoms with E-state index in [1.807, 2.05) is 0 Å². The molecule has 0 aromatic heterocycles. The Balaban J connectivity index is 2.46. The van der Waals surface area contributed by atoms with Gasteiger partial charge < -0.3 is 4.23 Å². The summed E-state index contributed by atoms with van der Waals surface area (Å²) in [4.78, 5) is 0. The molecule has 0 aliphatic heterocycles. The highest BCUT2D eigenvalue weighted by Gasteiger charge is 2.30. The van der Waals surface area contributed by atoms with Crippen molar-refractivity contribution in [1.29, 1.82) is 0 Å². The smallest absolute Gasteiger partial charge is 0.169 e. The lowest BCUT2D eigenvalue weighted by Crippen LogP contribution is -2.62. The van der Waals surface area contributed by atoms with E-state index in [2.05, 4.69) is 91.6 Å². The molecule has 100 valence electrons. The van der Waals surface area contributed by atoms with Crippen molar-refractivity contribution in [2.45, 2.75) is 19.6 Å². The average Bonchev–Trinajstić information content (AvgIpc) is 2.40. The van der Waals surface area contributed by atoms with E-state index in [-0.39, 0.29) is 0 Å². The molecular weight excluding hydrogens is 262 g/mol. The van der Waals surface area contributed by atoms with E-state index in [9.17, 15) is 0 Å². The van der Waals surface area contributed by atoms with Crippen molar-refractivity contribution < 1.29 is 0 Å². The van der Waals surface area contributed by atoms with Crippen molar-refractivity contribution >= 4 is 27.6 Å². The molecular formula is C16H23NSi2. The maximum Gasteiger partial charge on any atom is 0.169 e. The van der Waals surface area contributed by atoms with Gasteiger partial charge in [-0.3, -0.25) is 0 Å². The van der Waals surface area contributed by atoms with Crippen LogP contribution in [0.2, 0.25) is 19.6 Å². The van der Waals surface area contributed by atoms with Gasteiger partial charge in [0.05, 0.1) is 0 Å². The van der Waals surface area contributed by atoms with E-state index >= 15 is 0 Å². The summed E-state index contributed by atoms with van der Waals surface area (Å²) in [5.74, 6) is 0. The number of nitrogens with zero attached hydrogens (tertiary/aromatic N) is 1. The minimum absolute atomic E-state index is 1.27. The summed E-state index contributed by atoms with van der Waals surface area (Å²) in [6.07, 6.45) is 0. The molecule has 1 nitrogen and oxygen atoms in total. The van der Waals surface area contributed by atoms with Gasteiger partial charge >= 0.3 is 0 Å². The first-order valence-corrected chi connectivity index (χ1v) is 11.9. The van der Waals surface area contributed by atoms with Crippen LogP contribution in [-0.4, -0.2) is 28.5 Å². The van der Waals surface area contributed by atoms with Gasteiger partial charge in [0, 0.05) is 0 Å². The van der Waals surface area contributed by atoms with E-state index in [4.69, 9.17) is 0 Å². The van der Waals surface area contributed by atoms with Crippen LogP contribution in [0.25, 0.3) is 0 Å². The molecule has 0 aliphatic carbocycles. The molecule has 0 saturated carbocycles. The lowest BCUT2D eigenvalue weighted by molar-refractivity contribution is 0.795. The lowest BCUT2D eigenvalue weighted by atomic mass is 10.4. The number of hydrogen-bond acceptors (Lipinski definition) is 1. The second-order valence-corrected chi connectivity index (χ2v) is 14.5. The summed E-state index contributed by atoms with van der Waals surface area (Å²) in [6, 6.07) is 22.0. The maximum absolute atomic E-state index is 2.71. The zero-order chi connectivity index (χ0) is 13.9. The molecule has 0 N–H and O–H groups in total. The third kappa shape index (κ3) is 3.44. The first kappa shape index (κ1) is 14.2. The topological polar surface area (TPSA) is 3.24 Å². The maximum atomic E-state index is 2.71. The molecule has 2 aromatic carbocycles. The molecule has 2 rings (SSSR count). The van der Waals surface area contributed by atoms with E-state index in [0.717, 1.165) is 0 Å². The van der Waals surface area contributed by atoms with Crippen molar-refractivity contribution in [3.05, 3.63) is 60.7 Å². The van der Waals surface area contributed by atoms with Gasteiger partial charge in [0.15, 0.2) is 8.96 Å². The van der Waals surface area contributed by atoms with Gasteiger partial charge in [-0.05, 0) is 17.4 Å². The predicted molar refractivity (Wildman–Crippen MR) is 90.4 cm³/mol. The fraction of sp³-hybridized carbons (Fsp3) is 0.250. The molecule has 0 spiro atoms. The Kier molecular flexibility index (Phi) is 4.40. The molecule has 2 aromatic rings. The summed E-state index contributed by atoms with van der Waals surface area (Å²) in [5, 5.41) is 3.03.